The molecule has 1 N–H and O–H groups in total. The minimum absolute atomic E-state index is 0.338. The number of benzene rings is 2. The lowest BCUT2D eigenvalue weighted by molar-refractivity contribution is 0.470. The average molecular weight is 387 g/mol. The van der Waals surface area contributed by atoms with Crippen LogP contribution in [0.1, 0.15) is 30.0 Å². The van der Waals surface area contributed by atoms with Crippen LogP contribution in [0, 0.1) is 20.8 Å². The first-order chi connectivity index (χ1) is 12.8. The van der Waals surface area contributed by atoms with Crippen molar-refractivity contribution in [3.8, 4) is 5.75 Å². The number of phenols is 1. The Bertz CT molecular complexity index is 726. The summed E-state index contributed by atoms with van der Waals surface area (Å²) in [4.78, 5) is 6.38. The molecule has 4 heteroatoms. The number of hydrogen-bond acceptors (Lipinski definition) is 3. The summed E-state index contributed by atoms with van der Waals surface area (Å²) in [7, 11) is 0. The summed E-state index contributed by atoms with van der Waals surface area (Å²) in [6.07, 6.45) is 4.78. The van der Waals surface area contributed by atoms with Crippen LogP contribution in [0.15, 0.2) is 60.2 Å². The standard InChI is InChI=1S/C10H13N.C7H8O.C6H10ClN/c1-4-11-10-7-8(2)5-6-9(10)3;1-6-3-2-4-7(8)5-6;1-2-8-4-3-6(7)5-8/h4-7H,1-3H3;2-5,8H,1H3;2,6H,1,3-5H2. The Morgan fingerprint density at radius 2 is 1.85 bits per heavy atom. The van der Waals surface area contributed by atoms with E-state index in [1.807, 2.05) is 38.4 Å². The van der Waals surface area contributed by atoms with E-state index in [1.165, 1.54) is 11.1 Å². The lowest BCUT2D eigenvalue weighted by Crippen LogP contribution is -2.12. The van der Waals surface area contributed by atoms with Gasteiger partial charge in [0.2, 0.25) is 0 Å². The van der Waals surface area contributed by atoms with Crippen LogP contribution in [0.2, 0.25) is 0 Å². The average Bonchev–Trinajstić information content (AvgIpc) is 3.05. The van der Waals surface area contributed by atoms with E-state index in [-0.39, 0.29) is 0 Å². The molecule has 1 aliphatic rings. The van der Waals surface area contributed by atoms with E-state index < -0.39 is 0 Å². The van der Waals surface area contributed by atoms with Gasteiger partial charge < -0.3 is 10.0 Å². The zero-order chi connectivity index (χ0) is 20.2. The first-order valence-corrected chi connectivity index (χ1v) is 9.61. The van der Waals surface area contributed by atoms with Crippen LogP contribution in [0.4, 0.5) is 5.69 Å². The van der Waals surface area contributed by atoms with E-state index in [4.69, 9.17) is 16.7 Å². The molecular formula is C23H31ClN2O. The zero-order valence-corrected chi connectivity index (χ0v) is 17.6. The number of aliphatic imine (C=N–C) groups is 1. The highest BCUT2D eigenvalue weighted by Gasteiger charge is 2.15. The van der Waals surface area contributed by atoms with Gasteiger partial charge in [0.25, 0.3) is 0 Å². The molecule has 0 amide bonds. The summed E-state index contributed by atoms with van der Waals surface area (Å²) in [6, 6.07) is 13.4. The van der Waals surface area contributed by atoms with Gasteiger partial charge in [-0.3, -0.25) is 4.99 Å². The maximum absolute atomic E-state index is 8.81. The SMILES string of the molecule is C=CN1CCC(Cl)C1.CC=Nc1cc(C)ccc1C.Cc1cccc(O)c1. The lowest BCUT2D eigenvalue weighted by atomic mass is 10.1. The van der Waals surface area contributed by atoms with Gasteiger partial charge >= 0.3 is 0 Å². The quantitative estimate of drug-likeness (QED) is 0.494. The van der Waals surface area contributed by atoms with Crippen LogP contribution in [0.25, 0.3) is 0 Å². The van der Waals surface area contributed by atoms with Crippen molar-refractivity contribution in [2.45, 2.75) is 39.5 Å². The van der Waals surface area contributed by atoms with Crippen molar-refractivity contribution in [2.75, 3.05) is 13.1 Å². The first-order valence-electron chi connectivity index (χ1n) is 9.18. The highest BCUT2D eigenvalue weighted by Crippen LogP contribution is 2.18. The number of alkyl halides is 1. The second kappa shape index (κ2) is 12.2. The van der Waals surface area contributed by atoms with E-state index in [9.17, 15) is 0 Å². The molecular weight excluding hydrogens is 356 g/mol. The number of hydrogen-bond donors (Lipinski definition) is 1. The number of rotatable bonds is 2. The molecule has 0 aliphatic carbocycles. The fourth-order valence-electron chi connectivity index (χ4n) is 2.53. The molecule has 1 aliphatic heterocycles. The van der Waals surface area contributed by atoms with Gasteiger partial charge in [0.15, 0.2) is 0 Å². The van der Waals surface area contributed by atoms with Gasteiger partial charge in [0.1, 0.15) is 5.75 Å². The third-order valence-corrected chi connectivity index (χ3v) is 4.41. The molecule has 1 atom stereocenters. The minimum Gasteiger partial charge on any atom is -0.508 e. The Morgan fingerprint density at radius 3 is 2.30 bits per heavy atom. The van der Waals surface area contributed by atoms with Gasteiger partial charge in [-0.05, 0) is 75.2 Å². The number of halogens is 1. The van der Waals surface area contributed by atoms with Crippen molar-refractivity contribution in [2.24, 2.45) is 4.99 Å². The van der Waals surface area contributed by atoms with Crippen molar-refractivity contribution in [3.05, 3.63) is 71.9 Å². The van der Waals surface area contributed by atoms with Gasteiger partial charge in [-0.2, -0.15) is 0 Å². The van der Waals surface area contributed by atoms with Crippen LogP contribution in [0.5, 0.6) is 5.75 Å². The summed E-state index contributed by atoms with van der Waals surface area (Å²) in [5.74, 6) is 0.338. The first kappa shape index (κ1) is 22.8. The van der Waals surface area contributed by atoms with Crippen molar-refractivity contribution < 1.29 is 5.11 Å². The molecule has 27 heavy (non-hydrogen) atoms. The third kappa shape index (κ3) is 9.30. The Morgan fingerprint density at radius 1 is 1.15 bits per heavy atom. The molecule has 0 aromatic heterocycles. The Hall–Kier alpha value is -2.26. The third-order valence-electron chi connectivity index (χ3n) is 4.05. The Labute approximate surface area is 169 Å². The van der Waals surface area contributed by atoms with Crippen molar-refractivity contribution >= 4 is 23.5 Å². The minimum atomic E-state index is 0.338. The molecule has 0 bridgehead atoms. The van der Waals surface area contributed by atoms with Crippen molar-refractivity contribution in [1.82, 2.24) is 4.90 Å². The maximum atomic E-state index is 8.81. The molecule has 2 aromatic rings. The number of nitrogens with zero attached hydrogens (tertiary/aromatic N) is 2. The van der Waals surface area contributed by atoms with Gasteiger partial charge in [-0.25, -0.2) is 0 Å². The molecule has 2 aromatic carbocycles. The second-order valence-corrected chi connectivity index (χ2v) is 7.20. The molecule has 1 fully saturated rings. The van der Waals surface area contributed by atoms with E-state index in [0.717, 1.165) is 30.8 Å². The zero-order valence-electron chi connectivity index (χ0n) is 16.8. The van der Waals surface area contributed by atoms with E-state index in [0.29, 0.717) is 11.1 Å². The molecule has 1 unspecified atom stereocenters. The number of likely N-dealkylation sites (tertiary alicyclic amines) is 1. The normalized spacial score (nSPS) is 15.6. The van der Waals surface area contributed by atoms with Crippen molar-refractivity contribution in [3.63, 3.8) is 0 Å². The summed E-state index contributed by atoms with van der Waals surface area (Å²) < 4.78 is 0. The lowest BCUT2D eigenvalue weighted by Gasteiger charge is -2.08. The van der Waals surface area contributed by atoms with Gasteiger partial charge in [-0.15, -0.1) is 11.6 Å². The topological polar surface area (TPSA) is 35.8 Å². The second-order valence-electron chi connectivity index (χ2n) is 6.58. The van der Waals surface area contributed by atoms with Gasteiger partial charge in [0.05, 0.1) is 11.1 Å². The smallest absolute Gasteiger partial charge is 0.115 e. The molecule has 0 radical (unpaired) electrons. The molecule has 3 nitrogen and oxygen atoms in total. The molecule has 1 saturated heterocycles. The summed E-state index contributed by atoms with van der Waals surface area (Å²) in [5, 5.41) is 9.17. The van der Waals surface area contributed by atoms with Crippen LogP contribution >= 0.6 is 11.6 Å². The monoisotopic (exact) mass is 386 g/mol. The molecule has 1 heterocycles. The molecule has 0 saturated carbocycles. The van der Waals surface area contributed by atoms with Gasteiger partial charge in [-0.1, -0.05) is 30.8 Å². The van der Waals surface area contributed by atoms with Crippen LogP contribution < -0.4 is 0 Å². The number of phenolic OH excluding ortho intramolecular Hbond substituents is 1. The highest BCUT2D eigenvalue weighted by molar-refractivity contribution is 6.20. The van der Waals surface area contributed by atoms with Gasteiger partial charge in [0, 0.05) is 19.3 Å². The van der Waals surface area contributed by atoms with Crippen LogP contribution in [-0.4, -0.2) is 34.7 Å². The number of aromatic hydroxyl groups is 1. The highest BCUT2D eigenvalue weighted by atomic mass is 35.5. The Balaban J connectivity index is 0.000000206. The predicted octanol–water partition coefficient (Wildman–Crippen LogP) is 6.17. The van der Waals surface area contributed by atoms with E-state index >= 15 is 0 Å². The molecule has 146 valence electrons. The van der Waals surface area contributed by atoms with Crippen LogP contribution in [0.3, 0.4) is 0 Å². The van der Waals surface area contributed by atoms with E-state index in [1.54, 1.807) is 12.1 Å². The summed E-state index contributed by atoms with van der Waals surface area (Å²) in [5.41, 5.74) is 4.66. The molecule has 0 spiro atoms. The largest absolute Gasteiger partial charge is 0.508 e. The summed E-state index contributed by atoms with van der Waals surface area (Å²) >= 11 is 5.80. The van der Waals surface area contributed by atoms with E-state index in [2.05, 4.69) is 48.5 Å². The predicted molar refractivity (Wildman–Crippen MR) is 119 cm³/mol. The fourth-order valence-corrected chi connectivity index (χ4v) is 2.81. The fraction of sp³-hybridized carbons (Fsp3) is 0.348. The Kier molecular flexibility index (Phi) is 10.3. The van der Waals surface area contributed by atoms with Crippen molar-refractivity contribution in [1.29, 1.82) is 0 Å². The maximum Gasteiger partial charge on any atom is 0.115 e. The van der Waals surface area contributed by atoms with Crippen LogP contribution in [-0.2, 0) is 0 Å². The number of aryl methyl sites for hydroxylation is 3. The molecule has 3 rings (SSSR count). The summed E-state index contributed by atoms with van der Waals surface area (Å²) in [6.45, 7) is 13.7.